The SMILES string of the molecule is CCOc1cccc(/C=C/C2=C(C#N)C(=O)NC(S)N2)c1OCC(N)=O. The Bertz CT molecular complexity index is 813. The van der Waals surface area contributed by atoms with Crippen molar-refractivity contribution in [2.75, 3.05) is 13.2 Å². The topological polar surface area (TPSA) is 126 Å². The van der Waals surface area contributed by atoms with Gasteiger partial charge in [0.25, 0.3) is 11.8 Å². The van der Waals surface area contributed by atoms with E-state index >= 15 is 0 Å². The van der Waals surface area contributed by atoms with E-state index in [1.54, 1.807) is 30.4 Å². The number of hydrogen-bond acceptors (Lipinski definition) is 7. The highest BCUT2D eigenvalue weighted by atomic mass is 32.1. The van der Waals surface area contributed by atoms with E-state index in [2.05, 4.69) is 23.3 Å². The molecule has 2 amide bonds. The van der Waals surface area contributed by atoms with Crippen LogP contribution in [-0.4, -0.2) is 30.5 Å². The average Bonchev–Trinajstić information content (AvgIpc) is 2.58. The van der Waals surface area contributed by atoms with Gasteiger partial charge in [-0.2, -0.15) is 5.26 Å². The molecule has 4 N–H and O–H groups in total. The molecule has 0 aliphatic carbocycles. The van der Waals surface area contributed by atoms with Crippen LogP contribution < -0.4 is 25.8 Å². The summed E-state index contributed by atoms with van der Waals surface area (Å²) in [5.74, 6) is -0.346. The minimum absolute atomic E-state index is 0.0629. The van der Waals surface area contributed by atoms with E-state index < -0.39 is 17.3 Å². The molecule has 0 saturated heterocycles. The number of carbonyl (C=O) groups is 2. The second-order valence-electron chi connectivity index (χ2n) is 5.12. The fraction of sp³-hybridized carbons (Fsp3) is 0.235. The first-order valence-corrected chi connectivity index (χ1v) is 8.22. The van der Waals surface area contributed by atoms with Gasteiger partial charge < -0.3 is 25.8 Å². The monoisotopic (exact) mass is 374 g/mol. The first-order chi connectivity index (χ1) is 12.5. The van der Waals surface area contributed by atoms with E-state index in [1.807, 2.05) is 13.0 Å². The quantitative estimate of drug-likeness (QED) is 0.520. The second kappa shape index (κ2) is 8.82. The Labute approximate surface area is 156 Å². The summed E-state index contributed by atoms with van der Waals surface area (Å²) in [7, 11) is 0. The summed E-state index contributed by atoms with van der Waals surface area (Å²) in [6.45, 7) is 1.92. The van der Waals surface area contributed by atoms with Crippen LogP contribution in [0.25, 0.3) is 6.08 Å². The highest BCUT2D eigenvalue weighted by Gasteiger charge is 2.22. The van der Waals surface area contributed by atoms with Crippen molar-refractivity contribution < 1.29 is 19.1 Å². The number of rotatable bonds is 7. The lowest BCUT2D eigenvalue weighted by atomic mass is 10.1. The molecular formula is C17H18N4O4S. The van der Waals surface area contributed by atoms with Crippen molar-refractivity contribution in [3.05, 3.63) is 41.1 Å². The number of nitrogens with one attached hydrogen (secondary N) is 2. The molecule has 1 aliphatic heterocycles. The van der Waals surface area contributed by atoms with Crippen LogP contribution in [0.4, 0.5) is 0 Å². The van der Waals surface area contributed by atoms with E-state index in [4.69, 9.17) is 20.5 Å². The molecule has 1 aliphatic rings. The summed E-state index contributed by atoms with van der Waals surface area (Å²) < 4.78 is 11.0. The zero-order chi connectivity index (χ0) is 19.1. The van der Waals surface area contributed by atoms with Gasteiger partial charge in [0.1, 0.15) is 17.1 Å². The number of benzene rings is 1. The van der Waals surface area contributed by atoms with Gasteiger partial charge in [0.05, 0.1) is 12.3 Å². The van der Waals surface area contributed by atoms with Crippen LogP contribution in [0, 0.1) is 11.3 Å². The maximum absolute atomic E-state index is 11.8. The molecule has 2 rings (SSSR count). The number of nitriles is 1. The number of nitrogens with two attached hydrogens (primary N) is 1. The Kier molecular flexibility index (Phi) is 6.52. The molecule has 1 aromatic rings. The van der Waals surface area contributed by atoms with Crippen LogP contribution in [-0.2, 0) is 9.59 Å². The lowest BCUT2D eigenvalue weighted by molar-refractivity contribution is -0.120. The summed E-state index contributed by atoms with van der Waals surface area (Å²) in [4.78, 5) is 22.9. The molecule has 1 aromatic carbocycles. The highest BCUT2D eigenvalue weighted by Crippen LogP contribution is 2.32. The first-order valence-electron chi connectivity index (χ1n) is 7.71. The molecule has 1 atom stereocenters. The largest absolute Gasteiger partial charge is 0.490 e. The summed E-state index contributed by atoms with van der Waals surface area (Å²) in [5, 5.41) is 14.5. The van der Waals surface area contributed by atoms with Crippen molar-refractivity contribution in [3.8, 4) is 17.6 Å². The smallest absolute Gasteiger partial charge is 0.266 e. The Hall–Kier alpha value is -3.12. The number of primary amides is 1. The zero-order valence-electron chi connectivity index (χ0n) is 14.0. The number of para-hydroxylation sites is 1. The number of thiol groups is 1. The maximum atomic E-state index is 11.8. The molecule has 0 bridgehead atoms. The summed E-state index contributed by atoms with van der Waals surface area (Å²) in [6, 6.07) is 7.04. The molecule has 0 aromatic heterocycles. The number of amides is 2. The van der Waals surface area contributed by atoms with Gasteiger partial charge in [0.2, 0.25) is 0 Å². The summed E-state index contributed by atoms with van der Waals surface area (Å²) >= 11 is 4.14. The van der Waals surface area contributed by atoms with Crippen LogP contribution in [0.15, 0.2) is 35.5 Å². The van der Waals surface area contributed by atoms with Crippen LogP contribution >= 0.6 is 12.6 Å². The fourth-order valence-electron chi connectivity index (χ4n) is 2.22. The van der Waals surface area contributed by atoms with Crippen molar-refractivity contribution in [3.63, 3.8) is 0 Å². The van der Waals surface area contributed by atoms with Crippen molar-refractivity contribution in [2.24, 2.45) is 5.73 Å². The number of carbonyl (C=O) groups excluding carboxylic acids is 2. The van der Waals surface area contributed by atoms with Crippen molar-refractivity contribution >= 4 is 30.5 Å². The van der Waals surface area contributed by atoms with E-state index in [-0.39, 0.29) is 12.2 Å². The zero-order valence-corrected chi connectivity index (χ0v) is 14.9. The van der Waals surface area contributed by atoms with Crippen LogP contribution in [0.2, 0.25) is 0 Å². The van der Waals surface area contributed by atoms with Gasteiger partial charge in [-0.25, -0.2) is 0 Å². The third kappa shape index (κ3) is 4.70. The molecule has 1 unspecified atom stereocenters. The van der Waals surface area contributed by atoms with E-state index in [0.717, 1.165) is 0 Å². The standard InChI is InChI=1S/C17H18N4O4S/c1-2-24-13-5-3-4-10(15(13)25-9-14(19)22)6-7-12-11(8-18)16(23)21-17(26)20-12/h3-7,17,20,26H,2,9H2,1H3,(H2,19,22)(H,21,23)/b7-6+. The minimum Gasteiger partial charge on any atom is -0.490 e. The third-order valence-electron chi connectivity index (χ3n) is 3.27. The van der Waals surface area contributed by atoms with Crippen molar-refractivity contribution in [1.29, 1.82) is 5.26 Å². The van der Waals surface area contributed by atoms with E-state index in [1.165, 1.54) is 0 Å². The van der Waals surface area contributed by atoms with Gasteiger partial charge in [0.15, 0.2) is 18.1 Å². The molecule has 9 heteroatoms. The summed E-state index contributed by atoms with van der Waals surface area (Å²) in [6.07, 6.45) is 3.19. The van der Waals surface area contributed by atoms with Crippen LogP contribution in [0.1, 0.15) is 12.5 Å². The number of nitrogens with zero attached hydrogens (tertiary/aromatic N) is 1. The lowest BCUT2D eigenvalue weighted by Crippen LogP contribution is -2.46. The highest BCUT2D eigenvalue weighted by molar-refractivity contribution is 7.80. The number of hydrogen-bond donors (Lipinski definition) is 4. The molecule has 8 nitrogen and oxygen atoms in total. The van der Waals surface area contributed by atoms with Gasteiger partial charge in [0, 0.05) is 5.56 Å². The van der Waals surface area contributed by atoms with Crippen molar-refractivity contribution in [2.45, 2.75) is 12.4 Å². The maximum Gasteiger partial charge on any atom is 0.266 e. The predicted molar refractivity (Wildman–Crippen MR) is 98.0 cm³/mol. The number of ether oxygens (including phenoxy) is 2. The molecule has 0 radical (unpaired) electrons. The van der Waals surface area contributed by atoms with E-state index in [0.29, 0.717) is 29.4 Å². The Balaban J connectivity index is 2.39. The predicted octanol–water partition coefficient (Wildman–Crippen LogP) is 0.673. The van der Waals surface area contributed by atoms with Crippen LogP contribution in [0.5, 0.6) is 11.5 Å². The molecule has 0 spiro atoms. The Morgan fingerprint density at radius 2 is 2.15 bits per heavy atom. The van der Waals surface area contributed by atoms with Crippen LogP contribution in [0.3, 0.4) is 0 Å². The number of allylic oxidation sites excluding steroid dienone is 1. The van der Waals surface area contributed by atoms with Gasteiger partial charge in [-0.05, 0) is 25.1 Å². The molecule has 0 saturated carbocycles. The van der Waals surface area contributed by atoms with E-state index in [9.17, 15) is 9.59 Å². The average molecular weight is 374 g/mol. The lowest BCUT2D eigenvalue weighted by Gasteiger charge is -2.22. The van der Waals surface area contributed by atoms with Crippen molar-refractivity contribution in [1.82, 2.24) is 10.6 Å². The molecule has 26 heavy (non-hydrogen) atoms. The second-order valence-corrected chi connectivity index (χ2v) is 5.63. The molecular weight excluding hydrogens is 356 g/mol. The Morgan fingerprint density at radius 1 is 1.38 bits per heavy atom. The minimum atomic E-state index is -0.621. The molecule has 136 valence electrons. The van der Waals surface area contributed by atoms with Gasteiger partial charge >= 0.3 is 0 Å². The third-order valence-corrected chi connectivity index (χ3v) is 3.52. The van der Waals surface area contributed by atoms with Gasteiger partial charge in [-0.3, -0.25) is 9.59 Å². The molecule has 0 fully saturated rings. The molecule has 1 heterocycles. The summed E-state index contributed by atoms with van der Waals surface area (Å²) in [5.41, 5.74) is 5.38. The Morgan fingerprint density at radius 3 is 2.81 bits per heavy atom. The normalized spacial score (nSPS) is 16.7. The fourth-order valence-corrected chi connectivity index (χ4v) is 2.48. The van der Waals surface area contributed by atoms with Gasteiger partial charge in [-0.1, -0.05) is 12.1 Å². The first kappa shape index (κ1) is 19.2. The van der Waals surface area contributed by atoms with Gasteiger partial charge in [-0.15, -0.1) is 12.6 Å².